The quantitative estimate of drug-likeness (QED) is 0.694. The lowest BCUT2D eigenvalue weighted by Gasteiger charge is -2.05. The summed E-state index contributed by atoms with van der Waals surface area (Å²) in [5.74, 6) is -1.89. The Kier molecular flexibility index (Phi) is 5.35. The number of hydrogen-bond donors (Lipinski definition) is 3. The van der Waals surface area contributed by atoms with Gasteiger partial charge in [0.05, 0.1) is 6.54 Å². The van der Waals surface area contributed by atoms with Crippen molar-refractivity contribution in [3.63, 3.8) is 0 Å². The van der Waals surface area contributed by atoms with Crippen LogP contribution in [-0.4, -0.2) is 34.7 Å². The summed E-state index contributed by atoms with van der Waals surface area (Å²) in [5.41, 5.74) is 0.674. The van der Waals surface area contributed by atoms with Crippen LogP contribution in [0.2, 0.25) is 5.02 Å². The van der Waals surface area contributed by atoms with E-state index in [1.165, 1.54) is 12.2 Å². The number of amides is 1. The highest BCUT2D eigenvalue weighted by Crippen LogP contribution is 2.15. The van der Waals surface area contributed by atoms with Crippen molar-refractivity contribution in [3.05, 3.63) is 40.9 Å². The third-order valence-electron chi connectivity index (χ3n) is 2.07. The SMILES string of the molecule is O=C(/C=C/c1ccccc1Cl)NC[C@H](O)C(=O)O. The van der Waals surface area contributed by atoms with E-state index in [-0.39, 0.29) is 6.54 Å². The molecular weight excluding hydrogens is 258 g/mol. The number of aliphatic hydroxyl groups excluding tert-OH is 1. The summed E-state index contributed by atoms with van der Waals surface area (Å²) >= 11 is 5.88. The Morgan fingerprint density at radius 2 is 2.06 bits per heavy atom. The molecule has 0 aliphatic carbocycles. The van der Waals surface area contributed by atoms with E-state index in [9.17, 15) is 9.59 Å². The van der Waals surface area contributed by atoms with Crippen molar-refractivity contribution in [1.82, 2.24) is 5.32 Å². The van der Waals surface area contributed by atoms with E-state index in [4.69, 9.17) is 21.8 Å². The van der Waals surface area contributed by atoms with Crippen LogP contribution in [0.4, 0.5) is 0 Å². The molecular formula is C12H12ClNO4. The first-order chi connectivity index (χ1) is 8.50. The lowest BCUT2D eigenvalue weighted by atomic mass is 10.2. The number of benzene rings is 1. The van der Waals surface area contributed by atoms with Crippen LogP contribution in [0.3, 0.4) is 0 Å². The lowest BCUT2D eigenvalue weighted by molar-refractivity contribution is -0.146. The van der Waals surface area contributed by atoms with Crippen molar-refractivity contribution in [1.29, 1.82) is 0 Å². The van der Waals surface area contributed by atoms with Gasteiger partial charge in [0.25, 0.3) is 0 Å². The normalized spacial score (nSPS) is 12.3. The van der Waals surface area contributed by atoms with Gasteiger partial charge in [-0.1, -0.05) is 29.8 Å². The second-order valence-corrected chi connectivity index (χ2v) is 3.86. The largest absolute Gasteiger partial charge is 0.479 e. The third-order valence-corrected chi connectivity index (χ3v) is 2.42. The Bertz CT molecular complexity index is 473. The molecule has 18 heavy (non-hydrogen) atoms. The minimum atomic E-state index is -1.61. The molecule has 1 rings (SSSR count). The van der Waals surface area contributed by atoms with Gasteiger partial charge in [-0.3, -0.25) is 4.79 Å². The summed E-state index contributed by atoms with van der Waals surface area (Å²) in [7, 11) is 0. The molecule has 0 aliphatic rings. The maximum Gasteiger partial charge on any atom is 0.334 e. The Labute approximate surface area is 109 Å². The van der Waals surface area contributed by atoms with Crippen LogP contribution in [0, 0.1) is 0 Å². The second-order valence-electron chi connectivity index (χ2n) is 3.45. The molecule has 0 unspecified atom stereocenters. The van der Waals surface area contributed by atoms with Gasteiger partial charge in [0, 0.05) is 11.1 Å². The summed E-state index contributed by atoms with van der Waals surface area (Å²) in [5, 5.41) is 20.1. The van der Waals surface area contributed by atoms with Gasteiger partial charge >= 0.3 is 5.97 Å². The van der Waals surface area contributed by atoms with Gasteiger partial charge in [0.15, 0.2) is 6.10 Å². The Morgan fingerprint density at radius 3 is 2.67 bits per heavy atom. The monoisotopic (exact) mass is 269 g/mol. The molecule has 0 fully saturated rings. The zero-order valence-electron chi connectivity index (χ0n) is 9.34. The molecule has 1 atom stereocenters. The molecule has 5 nitrogen and oxygen atoms in total. The number of rotatable bonds is 5. The first kappa shape index (κ1) is 14.2. The van der Waals surface area contributed by atoms with Crippen molar-refractivity contribution in [2.75, 3.05) is 6.54 Å². The molecule has 3 N–H and O–H groups in total. The van der Waals surface area contributed by atoms with Gasteiger partial charge in [-0.05, 0) is 17.7 Å². The van der Waals surface area contributed by atoms with Crippen molar-refractivity contribution < 1.29 is 19.8 Å². The maximum atomic E-state index is 11.3. The van der Waals surface area contributed by atoms with Gasteiger partial charge in [-0.15, -0.1) is 0 Å². The standard InChI is InChI=1S/C12H12ClNO4/c13-9-4-2-1-3-8(9)5-6-11(16)14-7-10(15)12(17)18/h1-6,10,15H,7H2,(H,14,16)(H,17,18)/b6-5+/t10-/m0/s1. The molecule has 6 heteroatoms. The molecule has 0 aliphatic heterocycles. The average Bonchev–Trinajstić information content (AvgIpc) is 2.34. The Hall–Kier alpha value is -1.85. The van der Waals surface area contributed by atoms with Crippen molar-refractivity contribution >= 4 is 29.6 Å². The summed E-state index contributed by atoms with van der Waals surface area (Å²) in [6.45, 7) is -0.346. The molecule has 0 saturated carbocycles. The number of aliphatic carboxylic acids is 1. The van der Waals surface area contributed by atoms with E-state index in [1.807, 2.05) is 0 Å². The van der Waals surface area contributed by atoms with Gasteiger partial charge in [0.2, 0.25) is 5.91 Å². The highest BCUT2D eigenvalue weighted by Gasteiger charge is 2.12. The van der Waals surface area contributed by atoms with E-state index in [0.29, 0.717) is 10.6 Å². The highest BCUT2D eigenvalue weighted by atomic mass is 35.5. The molecule has 96 valence electrons. The Balaban J connectivity index is 2.50. The summed E-state index contributed by atoms with van der Waals surface area (Å²) < 4.78 is 0. The number of carbonyl (C=O) groups is 2. The number of aliphatic hydroxyl groups is 1. The first-order valence-electron chi connectivity index (χ1n) is 5.12. The van der Waals surface area contributed by atoms with Crippen LogP contribution < -0.4 is 5.32 Å². The lowest BCUT2D eigenvalue weighted by Crippen LogP contribution is -2.35. The second kappa shape index (κ2) is 6.78. The molecule has 0 radical (unpaired) electrons. The van der Waals surface area contributed by atoms with Gasteiger partial charge < -0.3 is 15.5 Å². The molecule has 0 spiro atoms. The van der Waals surface area contributed by atoms with E-state index in [2.05, 4.69) is 5.32 Å². The Morgan fingerprint density at radius 1 is 1.39 bits per heavy atom. The predicted molar refractivity (Wildman–Crippen MR) is 67.1 cm³/mol. The van der Waals surface area contributed by atoms with E-state index in [1.54, 1.807) is 24.3 Å². The first-order valence-corrected chi connectivity index (χ1v) is 5.50. The fraction of sp³-hybridized carbons (Fsp3) is 0.167. The number of hydrogen-bond acceptors (Lipinski definition) is 3. The van der Waals surface area contributed by atoms with Gasteiger partial charge in [0.1, 0.15) is 0 Å². The van der Waals surface area contributed by atoms with Gasteiger partial charge in [-0.2, -0.15) is 0 Å². The van der Waals surface area contributed by atoms with Crippen molar-refractivity contribution in [2.45, 2.75) is 6.10 Å². The highest BCUT2D eigenvalue weighted by molar-refractivity contribution is 6.32. The smallest absolute Gasteiger partial charge is 0.334 e. The number of carboxylic acids is 1. The fourth-order valence-electron chi connectivity index (χ4n) is 1.12. The fourth-order valence-corrected chi connectivity index (χ4v) is 1.32. The summed E-state index contributed by atoms with van der Waals surface area (Å²) in [6.07, 6.45) is 1.11. The van der Waals surface area contributed by atoms with E-state index < -0.39 is 18.0 Å². The van der Waals surface area contributed by atoms with Crippen LogP contribution in [0.1, 0.15) is 5.56 Å². The van der Waals surface area contributed by atoms with E-state index >= 15 is 0 Å². The molecule has 1 aromatic rings. The van der Waals surface area contributed by atoms with Gasteiger partial charge in [-0.25, -0.2) is 4.79 Å². The molecule has 0 saturated heterocycles. The zero-order valence-corrected chi connectivity index (χ0v) is 10.1. The van der Waals surface area contributed by atoms with Crippen molar-refractivity contribution in [3.8, 4) is 0 Å². The third kappa shape index (κ3) is 4.57. The zero-order chi connectivity index (χ0) is 13.5. The van der Waals surface area contributed by atoms with Crippen LogP contribution in [-0.2, 0) is 9.59 Å². The van der Waals surface area contributed by atoms with Crippen LogP contribution in [0.25, 0.3) is 6.08 Å². The molecule has 0 bridgehead atoms. The number of carbonyl (C=O) groups excluding carboxylic acids is 1. The topological polar surface area (TPSA) is 86.6 Å². The predicted octanol–water partition coefficient (Wildman–Crippen LogP) is 0.915. The number of nitrogens with one attached hydrogen (secondary N) is 1. The van der Waals surface area contributed by atoms with Crippen LogP contribution in [0.15, 0.2) is 30.3 Å². The molecule has 0 heterocycles. The summed E-state index contributed by atoms with van der Waals surface area (Å²) in [4.78, 5) is 21.6. The maximum absolute atomic E-state index is 11.3. The summed E-state index contributed by atoms with van der Waals surface area (Å²) in [6, 6.07) is 6.96. The number of halogens is 1. The minimum absolute atomic E-state index is 0.346. The average molecular weight is 270 g/mol. The number of carboxylic acid groups (broad SMARTS) is 1. The minimum Gasteiger partial charge on any atom is -0.479 e. The molecule has 1 aromatic carbocycles. The molecule has 1 amide bonds. The van der Waals surface area contributed by atoms with Crippen LogP contribution >= 0.6 is 11.6 Å². The van der Waals surface area contributed by atoms with E-state index in [0.717, 1.165) is 0 Å². The van der Waals surface area contributed by atoms with Crippen molar-refractivity contribution in [2.24, 2.45) is 0 Å². The van der Waals surface area contributed by atoms with Crippen LogP contribution in [0.5, 0.6) is 0 Å². The molecule has 0 aromatic heterocycles.